The van der Waals surface area contributed by atoms with Crippen LogP contribution >= 0.6 is 0 Å². The molecule has 0 spiro atoms. The molecule has 176 valence electrons. The van der Waals surface area contributed by atoms with Gasteiger partial charge in [0.05, 0.1) is 19.8 Å². The van der Waals surface area contributed by atoms with Gasteiger partial charge in [-0.15, -0.1) is 6.42 Å². The second-order valence-corrected chi connectivity index (χ2v) is 8.11. The highest BCUT2D eigenvalue weighted by Gasteiger charge is 2.48. The van der Waals surface area contributed by atoms with Crippen molar-refractivity contribution in [3.05, 3.63) is 108 Å². The Morgan fingerprint density at radius 2 is 1.06 bits per heavy atom. The Morgan fingerprint density at radius 3 is 1.47 bits per heavy atom. The van der Waals surface area contributed by atoms with Crippen LogP contribution < -0.4 is 0 Å². The summed E-state index contributed by atoms with van der Waals surface area (Å²) in [7, 11) is 1.58. The van der Waals surface area contributed by atoms with E-state index in [1.165, 1.54) is 0 Å². The lowest BCUT2D eigenvalue weighted by Crippen LogP contribution is -2.60. The molecule has 5 atom stereocenters. The van der Waals surface area contributed by atoms with Crippen LogP contribution in [-0.2, 0) is 43.5 Å². The summed E-state index contributed by atoms with van der Waals surface area (Å²) in [6, 6.07) is 29.9. The van der Waals surface area contributed by atoms with Crippen molar-refractivity contribution >= 4 is 0 Å². The molecule has 3 aromatic carbocycles. The molecule has 0 saturated carbocycles. The van der Waals surface area contributed by atoms with Crippen LogP contribution in [0.25, 0.3) is 0 Å². The molecule has 0 N–H and O–H groups in total. The monoisotopic (exact) mass is 458 g/mol. The van der Waals surface area contributed by atoms with E-state index in [1.807, 2.05) is 91.0 Å². The summed E-state index contributed by atoms with van der Waals surface area (Å²) in [6.07, 6.45) is 2.92. The van der Waals surface area contributed by atoms with E-state index in [9.17, 15) is 0 Å². The molecule has 1 fully saturated rings. The smallest absolute Gasteiger partial charge is 0.187 e. The van der Waals surface area contributed by atoms with Crippen LogP contribution in [-0.4, -0.2) is 37.8 Å². The van der Waals surface area contributed by atoms with E-state index in [2.05, 4.69) is 5.92 Å². The van der Waals surface area contributed by atoms with Crippen molar-refractivity contribution < 1.29 is 23.7 Å². The molecule has 4 rings (SSSR count). The second kappa shape index (κ2) is 12.5. The summed E-state index contributed by atoms with van der Waals surface area (Å²) >= 11 is 0. The zero-order valence-corrected chi connectivity index (χ0v) is 19.3. The van der Waals surface area contributed by atoms with E-state index < -0.39 is 30.7 Å². The maximum absolute atomic E-state index is 6.43. The number of rotatable bonds is 10. The molecule has 1 saturated heterocycles. The van der Waals surface area contributed by atoms with Crippen LogP contribution in [0, 0.1) is 12.3 Å². The predicted octanol–water partition coefficient (Wildman–Crippen LogP) is 4.75. The Morgan fingerprint density at radius 1 is 0.647 bits per heavy atom. The molecule has 0 aliphatic carbocycles. The fourth-order valence-corrected chi connectivity index (χ4v) is 3.98. The van der Waals surface area contributed by atoms with Crippen molar-refractivity contribution in [3.63, 3.8) is 0 Å². The zero-order valence-electron chi connectivity index (χ0n) is 19.3. The number of benzene rings is 3. The third-order valence-electron chi connectivity index (χ3n) is 5.75. The maximum Gasteiger partial charge on any atom is 0.187 e. The van der Waals surface area contributed by atoms with Crippen molar-refractivity contribution in [2.75, 3.05) is 7.11 Å². The average molecular weight is 459 g/mol. The minimum atomic E-state index is -0.692. The lowest BCUT2D eigenvalue weighted by atomic mass is 9.98. The fraction of sp³-hybridized carbons (Fsp3) is 0.310. The molecule has 0 aromatic heterocycles. The van der Waals surface area contributed by atoms with Gasteiger partial charge in [-0.25, -0.2) is 0 Å². The van der Waals surface area contributed by atoms with Gasteiger partial charge in [-0.3, -0.25) is 0 Å². The third kappa shape index (κ3) is 6.32. The summed E-state index contributed by atoms with van der Waals surface area (Å²) in [5.74, 6) is 2.71. The molecule has 0 amide bonds. The van der Waals surface area contributed by atoms with Gasteiger partial charge in [0.2, 0.25) is 0 Å². The van der Waals surface area contributed by atoms with Crippen LogP contribution in [0.1, 0.15) is 16.7 Å². The molecule has 3 aromatic rings. The zero-order chi connectivity index (χ0) is 23.6. The maximum atomic E-state index is 6.43. The van der Waals surface area contributed by atoms with Gasteiger partial charge in [0.25, 0.3) is 0 Å². The lowest BCUT2D eigenvalue weighted by Gasteiger charge is -2.44. The van der Waals surface area contributed by atoms with Crippen LogP contribution in [0.3, 0.4) is 0 Å². The SMILES string of the molecule is C#CC1O[C@H](OC)C(OCc2ccccc2)C(OCc2ccccc2)[C@@H]1OCc1ccccc1. The van der Waals surface area contributed by atoms with Crippen molar-refractivity contribution in [2.45, 2.75) is 50.5 Å². The molecule has 5 heteroatoms. The second-order valence-electron chi connectivity index (χ2n) is 8.11. The number of hydrogen-bond acceptors (Lipinski definition) is 5. The average Bonchev–Trinajstić information content (AvgIpc) is 2.91. The Kier molecular flexibility index (Phi) is 8.86. The number of methoxy groups -OCH3 is 1. The van der Waals surface area contributed by atoms with Crippen LogP contribution in [0.4, 0.5) is 0 Å². The van der Waals surface area contributed by atoms with E-state index >= 15 is 0 Å². The Labute approximate surface area is 201 Å². The van der Waals surface area contributed by atoms with E-state index in [4.69, 9.17) is 30.1 Å². The number of hydrogen-bond donors (Lipinski definition) is 0. The van der Waals surface area contributed by atoms with Gasteiger partial charge >= 0.3 is 0 Å². The van der Waals surface area contributed by atoms with Crippen molar-refractivity contribution in [2.24, 2.45) is 0 Å². The van der Waals surface area contributed by atoms with Crippen molar-refractivity contribution in [1.82, 2.24) is 0 Å². The highest BCUT2D eigenvalue weighted by molar-refractivity contribution is 5.16. The molecule has 1 aliphatic rings. The summed E-state index contributed by atoms with van der Waals surface area (Å²) in [6.45, 7) is 1.14. The van der Waals surface area contributed by atoms with Crippen molar-refractivity contribution in [3.8, 4) is 12.3 Å². The van der Waals surface area contributed by atoms with Gasteiger partial charge in [0.1, 0.15) is 24.4 Å². The van der Waals surface area contributed by atoms with E-state index in [1.54, 1.807) is 7.11 Å². The van der Waals surface area contributed by atoms with Gasteiger partial charge in [-0.1, -0.05) is 96.9 Å². The van der Waals surface area contributed by atoms with E-state index in [0.717, 1.165) is 16.7 Å². The third-order valence-corrected chi connectivity index (χ3v) is 5.75. The Balaban J connectivity index is 1.57. The van der Waals surface area contributed by atoms with E-state index in [0.29, 0.717) is 19.8 Å². The minimum Gasteiger partial charge on any atom is -0.368 e. The molecule has 0 radical (unpaired) electrons. The van der Waals surface area contributed by atoms with Gasteiger partial charge < -0.3 is 23.7 Å². The first-order chi connectivity index (χ1) is 16.8. The highest BCUT2D eigenvalue weighted by Crippen LogP contribution is 2.30. The summed E-state index contributed by atoms with van der Waals surface area (Å²) in [5, 5.41) is 0. The molecule has 34 heavy (non-hydrogen) atoms. The van der Waals surface area contributed by atoms with Gasteiger partial charge in [-0.05, 0) is 16.7 Å². The van der Waals surface area contributed by atoms with Gasteiger partial charge in [0, 0.05) is 7.11 Å². The first-order valence-electron chi connectivity index (χ1n) is 11.4. The highest BCUT2D eigenvalue weighted by atomic mass is 16.7. The fourth-order valence-electron chi connectivity index (χ4n) is 3.98. The molecule has 3 unspecified atom stereocenters. The van der Waals surface area contributed by atoms with Gasteiger partial charge in [-0.2, -0.15) is 0 Å². The molecular formula is C29H30O5. The van der Waals surface area contributed by atoms with E-state index in [-0.39, 0.29) is 0 Å². The first kappa shape index (κ1) is 24.2. The quantitative estimate of drug-likeness (QED) is 0.411. The number of terminal acetylenes is 1. The first-order valence-corrected chi connectivity index (χ1v) is 11.4. The predicted molar refractivity (Wildman–Crippen MR) is 130 cm³/mol. The summed E-state index contributed by atoms with van der Waals surface area (Å²) in [4.78, 5) is 0. The normalized spacial score (nSPS) is 24.4. The molecule has 0 bridgehead atoms. The molecule has 1 aliphatic heterocycles. The minimum absolute atomic E-state index is 0.376. The summed E-state index contributed by atoms with van der Waals surface area (Å²) < 4.78 is 30.8. The molecular weight excluding hydrogens is 428 g/mol. The summed E-state index contributed by atoms with van der Waals surface area (Å²) in [5.41, 5.74) is 3.12. The van der Waals surface area contributed by atoms with Crippen LogP contribution in [0.2, 0.25) is 0 Å². The number of ether oxygens (including phenoxy) is 5. The van der Waals surface area contributed by atoms with Crippen molar-refractivity contribution in [1.29, 1.82) is 0 Å². The Hall–Kier alpha value is -2.98. The standard InChI is InChI=1S/C29H30O5/c1-3-25-26(31-19-22-13-7-4-8-14-22)27(32-20-23-15-9-5-10-16-23)28(29(30-2)34-25)33-21-24-17-11-6-12-18-24/h1,4-18,25-29H,19-21H2,2H3/t25?,26-,27?,28?,29+/m1/s1. The molecule has 5 nitrogen and oxygen atoms in total. The van der Waals surface area contributed by atoms with Crippen LogP contribution in [0.15, 0.2) is 91.0 Å². The topological polar surface area (TPSA) is 46.2 Å². The Bertz CT molecular complexity index is 1020. The molecule has 1 heterocycles. The van der Waals surface area contributed by atoms with Gasteiger partial charge in [0.15, 0.2) is 6.29 Å². The van der Waals surface area contributed by atoms with Crippen LogP contribution in [0.5, 0.6) is 0 Å². The lowest BCUT2D eigenvalue weighted by molar-refractivity contribution is -0.307. The largest absolute Gasteiger partial charge is 0.368 e.